The summed E-state index contributed by atoms with van der Waals surface area (Å²) in [5.74, 6) is -1.33. The van der Waals surface area contributed by atoms with E-state index in [9.17, 15) is 18.0 Å². The van der Waals surface area contributed by atoms with Crippen molar-refractivity contribution in [3.8, 4) is 0 Å². The van der Waals surface area contributed by atoms with Gasteiger partial charge in [0.25, 0.3) is 5.91 Å². The number of amides is 2. The van der Waals surface area contributed by atoms with Crippen LogP contribution < -0.4 is 9.62 Å². The van der Waals surface area contributed by atoms with Crippen LogP contribution in [0, 0.1) is 6.92 Å². The first-order valence-electron chi connectivity index (χ1n) is 7.62. The highest BCUT2D eigenvalue weighted by Gasteiger charge is 2.37. The molecule has 3 rings (SSSR count). The third-order valence-electron chi connectivity index (χ3n) is 3.94. The Hall–Kier alpha value is -2.09. The van der Waals surface area contributed by atoms with E-state index in [1.165, 1.54) is 18.2 Å². The van der Waals surface area contributed by atoms with Crippen molar-refractivity contribution >= 4 is 56.4 Å². The number of nitrogens with zero attached hydrogens (tertiary/aromatic N) is 1. The van der Waals surface area contributed by atoms with E-state index in [0.29, 0.717) is 15.0 Å². The van der Waals surface area contributed by atoms with E-state index >= 15 is 0 Å². The molecule has 1 fully saturated rings. The lowest BCUT2D eigenvalue weighted by atomic mass is 10.1. The minimum absolute atomic E-state index is 0.0243. The van der Waals surface area contributed by atoms with Gasteiger partial charge in [0.05, 0.1) is 16.5 Å². The van der Waals surface area contributed by atoms with Crippen LogP contribution in [0.2, 0.25) is 10.0 Å². The van der Waals surface area contributed by atoms with Crippen LogP contribution in [0.25, 0.3) is 0 Å². The average molecular weight is 413 g/mol. The fourth-order valence-electron chi connectivity index (χ4n) is 2.53. The van der Waals surface area contributed by atoms with Crippen LogP contribution in [0.4, 0.5) is 11.4 Å². The van der Waals surface area contributed by atoms with Crippen molar-refractivity contribution < 1.29 is 18.0 Å². The normalized spacial score (nSPS) is 16.0. The van der Waals surface area contributed by atoms with E-state index < -0.39 is 21.8 Å². The van der Waals surface area contributed by atoms with Crippen molar-refractivity contribution in [3.63, 3.8) is 0 Å². The second-order valence-corrected chi connectivity index (χ2v) is 8.56. The standard InChI is InChI=1S/C17H14Cl2N2O4S/c1-10-2-4-12(9-14(10)19)20-17(23)11-3-5-13(18)15(8-11)21-16(22)6-7-26(21,24)25/h2-5,8-9H,6-7H2,1H3,(H,20,23). The summed E-state index contributed by atoms with van der Waals surface area (Å²) in [5.41, 5.74) is 1.50. The SMILES string of the molecule is Cc1ccc(NC(=O)c2ccc(Cl)c(N3C(=O)CCS3(=O)=O)c2)cc1Cl. The van der Waals surface area contributed by atoms with Gasteiger partial charge in [-0.3, -0.25) is 9.59 Å². The molecule has 2 aromatic rings. The van der Waals surface area contributed by atoms with Crippen molar-refractivity contribution in [3.05, 3.63) is 57.6 Å². The molecule has 0 radical (unpaired) electrons. The molecule has 1 aliphatic rings. The number of nitrogens with one attached hydrogen (secondary N) is 1. The lowest BCUT2D eigenvalue weighted by Gasteiger charge is -2.17. The zero-order chi connectivity index (χ0) is 19.1. The maximum atomic E-state index is 12.5. The van der Waals surface area contributed by atoms with E-state index in [1.807, 2.05) is 6.92 Å². The van der Waals surface area contributed by atoms with Crippen LogP contribution in [0.15, 0.2) is 36.4 Å². The molecule has 0 spiro atoms. The molecule has 9 heteroatoms. The molecule has 2 amide bonds. The second-order valence-electron chi connectivity index (χ2n) is 5.81. The molecular formula is C17H14Cl2N2O4S. The molecule has 1 heterocycles. The minimum Gasteiger partial charge on any atom is -0.322 e. The summed E-state index contributed by atoms with van der Waals surface area (Å²) in [5, 5.41) is 3.25. The summed E-state index contributed by atoms with van der Waals surface area (Å²) in [6.45, 7) is 1.84. The van der Waals surface area contributed by atoms with Crippen LogP contribution in [-0.4, -0.2) is 26.0 Å². The molecule has 0 unspecified atom stereocenters. The minimum atomic E-state index is -3.77. The summed E-state index contributed by atoms with van der Waals surface area (Å²) < 4.78 is 24.9. The number of aryl methyl sites for hydroxylation is 1. The van der Waals surface area contributed by atoms with Crippen molar-refractivity contribution in [1.29, 1.82) is 0 Å². The van der Waals surface area contributed by atoms with E-state index in [1.54, 1.807) is 18.2 Å². The molecule has 0 bridgehead atoms. The monoisotopic (exact) mass is 412 g/mol. The first-order chi connectivity index (χ1) is 12.2. The van der Waals surface area contributed by atoms with Gasteiger partial charge in [-0.2, -0.15) is 0 Å². The number of benzene rings is 2. The first kappa shape index (κ1) is 18.7. The van der Waals surface area contributed by atoms with Crippen LogP contribution in [0.3, 0.4) is 0 Å². The van der Waals surface area contributed by atoms with Gasteiger partial charge < -0.3 is 5.32 Å². The van der Waals surface area contributed by atoms with Gasteiger partial charge in [0, 0.05) is 22.7 Å². The highest BCUT2D eigenvalue weighted by atomic mass is 35.5. The van der Waals surface area contributed by atoms with E-state index in [2.05, 4.69) is 5.32 Å². The van der Waals surface area contributed by atoms with Gasteiger partial charge >= 0.3 is 0 Å². The molecule has 1 N–H and O–H groups in total. The zero-order valence-corrected chi connectivity index (χ0v) is 16.0. The van der Waals surface area contributed by atoms with Crippen LogP contribution >= 0.6 is 23.2 Å². The predicted molar refractivity (Wildman–Crippen MR) is 101 cm³/mol. The smallest absolute Gasteiger partial charge is 0.255 e. The highest BCUT2D eigenvalue weighted by molar-refractivity contribution is 7.94. The molecule has 0 aliphatic carbocycles. The summed E-state index contributed by atoms with van der Waals surface area (Å²) in [7, 11) is -3.77. The Morgan fingerprint density at radius 2 is 1.85 bits per heavy atom. The molecule has 136 valence electrons. The van der Waals surface area contributed by atoms with E-state index in [-0.39, 0.29) is 28.4 Å². The number of sulfonamides is 1. The quantitative estimate of drug-likeness (QED) is 0.833. The molecule has 26 heavy (non-hydrogen) atoms. The summed E-state index contributed by atoms with van der Waals surface area (Å²) >= 11 is 12.1. The largest absolute Gasteiger partial charge is 0.322 e. The summed E-state index contributed by atoms with van der Waals surface area (Å²) in [4.78, 5) is 24.4. The molecule has 0 atom stereocenters. The number of halogens is 2. The lowest BCUT2D eigenvalue weighted by molar-refractivity contribution is -0.116. The fraction of sp³-hybridized carbons (Fsp3) is 0.176. The number of carbonyl (C=O) groups is 2. The number of hydrogen-bond acceptors (Lipinski definition) is 4. The zero-order valence-electron chi connectivity index (χ0n) is 13.6. The average Bonchev–Trinajstić information content (AvgIpc) is 2.85. The summed E-state index contributed by atoms with van der Waals surface area (Å²) in [6, 6.07) is 9.19. The third-order valence-corrected chi connectivity index (χ3v) is 6.34. The van der Waals surface area contributed by atoms with Gasteiger partial charge in [-0.1, -0.05) is 29.3 Å². The molecule has 1 aliphatic heterocycles. The maximum Gasteiger partial charge on any atom is 0.255 e. The highest BCUT2D eigenvalue weighted by Crippen LogP contribution is 2.33. The Kier molecular flexibility index (Phi) is 4.96. The van der Waals surface area contributed by atoms with Crippen molar-refractivity contribution in [2.75, 3.05) is 15.4 Å². The fourth-order valence-corrected chi connectivity index (χ4v) is 4.43. The second kappa shape index (κ2) is 6.90. The Bertz CT molecular complexity index is 1020. The van der Waals surface area contributed by atoms with Gasteiger partial charge in [-0.15, -0.1) is 0 Å². The first-order valence-corrected chi connectivity index (χ1v) is 9.98. The lowest BCUT2D eigenvalue weighted by Crippen LogP contribution is -2.29. The van der Waals surface area contributed by atoms with Gasteiger partial charge in [0.15, 0.2) is 0 Å². The molecule has 0 aromatic heterocycles. The Balaban J connectivity index is 1.93. The molecule has 2 aromatic carbocycles. The number of anilines is 2. The van der Waals surface area contributed by atoms with Crippen molar-refractivity contribution in [2.45, 2.75) is 13.3 Å². The molecule has 1 saturated heterocycles. The van der Waals surface area contributed by atoms with E-state index in [0.717, 1.165) is 5.56 Å². The van der Waals surface area contributed by atoms with Crippen molar-refractivity contribution in [1.82, 2.24) is 0 Å². The van der Waals surface area contributed by atoms with E-state index in [4.69, 9.17) is 23.2 Å². The van der Waals surface area contributed by atoms with Crippen molar-refractivity contribution in [2.24, 2.45) is 0 Å². The van der Waals surface area contributed by atoms with Crippen LogP contribution in [0.1, 0.15) is 22.3 Å². The van der Waals surface area contributed by atoms with Gasteiger partial charge in [-0.05, 0) is 42.8 Å². The Morgan fingerprint density at radius 1 is 1.12 bits per heavy atom. The topological polar surface area (TPSA) is 83.6 Å². The predicted octanol–water partition coefficient (Wildman–Crippen LogP) is 3.62. The summed E-state index contributed by atoms with van der Waals surface area (Å²) in [6.07, 6.45) is -0.114. The van der Waals surface area contributed by atoms with Crippen LogP contribution in [0.5, 0.6) is 0 Å². The van der Waals surface area contributed by atoms with Crippen LogP contribution in [-0.2, 0) is 14.8 Å². The maximum absolute atomic E-state index is 12.5. The third kappa shape index (κ3) is 3.56. The Morgan fingerprint density at radius 3 is 2.46 bits per heavy atom. The number of carbonyl (C=O) groups excluding carboxylic acids is 2. The number of rotatable bonds is 3. The molecule has 6 nitrogen and oxygen atoms in total. The van der Waals surface area contributed by atoms with Gasteiger partial charge in [-0.25, -0.2) is 12.7 Å². The Labute approximate surface area is 160 Å². The van der Waals surface area contributed by atoms with Gasteiger partial charge in [0.2, 0.25) is 15.9 Å². The van der Waals surface area contributed by atoms with Gasteiger partial charge in [0.1, 0.15) is 0 Å². The molecular weight excluding hydrogens is 399 g/mol. The molecule has 0 saturated carbocycles. The number of hydrogen-bond donors (Lipinski definition) is 1.